The van der Waals surface area contributed by atoms with E-state index in [1.807, 2.05) is 30.3 Å². The predicted octanol–water partition coefficient (Wildman–Crippen LogP) is 6.93. The summed E-state index contributed by atoms with van der Waals surface area (Å²) in [5.41, 5.74) is 5.05. The topological polar surface area (TPSA) is 64.2 Å². The number of Topliss-reactive ketones (excluding diaryl/α,β-unsaturated/α-hetero) is 1. The van der Waals surface area contributed by atoms with Crippen LogP contribution in [0, 0.1) is 5.41 Å². The minimum Gasteiger partial charge on any atom is -0.493 e. The minimum atomic E-state index is -0.0966. The number of carbonyl (C=O) groups is 1. The van der Waals surface area contributed by atoms with Crippen molar-refractivity contribution < 1.29 is 14.3 Å². The number of benzene rings is 3. The van der Waals surface area contributed by atoms with E-state index in [4.69, 9.17) is 9.47 Å². The Labute approximate surface area is 213 Å². The fraction of sp³-hybridized carbons (Fsp3) is 0.355. The van der Waals surface area contributed by atoms with Gasteiger partial charge in [-0.05, 0) is 57.1 Å². The second-order valence-electron chi connectivity index (χ2n) is 11.0. The molecule has 0 atom stereocenters. The van der Waals surface area contributed by atoms with Gasteiger partial charge in [0.25, 0.3) is 0 Å². The lowest BCUT2D eigenvalue weighted by Crippen LogP contribution is -2.34. The van der Waals surface area contributed by atoms with Crippen LogP contribution in [0.5, 0.6) is 11.5 Å². The summed E-state index contributed by atoms with van der Waals surface area (Å²) in [6, 6.07) is 20.6. The van der Waals surface area contributed by atoms with Crippen molar-refractivity contribution in [2.45, 2.75) is 52.9 Å². The van der Waals surface area contributed by atoms with E-state index in [0.717, 1.165) is 44.6 Å². The highest BCUT2D eigenvalue weighted by atomic mass is 16.5. The Hall–Kier alpha value is -3.60. The molecule has 5 nitrogen and oxygen atoms in total. The van der Waals surface area contributed by atoms with E-state index in [1.54, 1.807) is 14.2 Å². The van der Waals surface area contributed by atoms with Crippen LogP contribution < -0.4 is 9.47 Å². The number of aromatic nitrogens is 2. The lowest BCUT2D eigenvalue weighted by molar-refractivity contribution is -0.117. The summed E-state index contributed by atoms with van der Waals surface area (Å²) in [4.78, 5) is 12.8. The van der Waals surface area contributed by atoms with Crippen molar-refractivity contribution in [1.29, 1.82) is 0 Å². The van der Waals surface area contributed by atoms with Crippen LogP contribution in [0.3, 0.4) is 0 Å². The molecule has 0 bridgehead atoms. The summed E-state index contributed by atoms with van der Waals surface area (Å²) in [6.07, 6.45) is 0.747. The molecule has 0 aliphatic rings. The van der Waals surface area contributed by atoms with Crippen molar-refractivity contribution in [3.63, 3.8) is 0 Å². The summed E-state index contributed by atoms with van der Waals surface area (Å²) >= 11 is 0. The first-order valence-electron chi connectivity index (χ1n) is 12.3. The Balaban J connectivity index is 1.45. The van der Waals surface area contributed by atoms with Gasteiger partial charge >= 0.3 is 0 Å². The van der Waals surface area contributed by atoms with E-state index in [2.05, 4.69) is 75.1 Å². The van der Waals surface area contributed by atoms with Crippen molar-refractivity contribution in [3.8, 4) is 22.6 Å². The lowest BCUT2D eigenvalue weighted by Gasteiger charge is -2.37. The summed E-state index contributed by atoms with van der Waals surface area (Å²) in [7, 11) is 3.29. The first-order chi connectivity index (χ1) is 17.0. The number of nitrogens with one attached hydrogen (secondary N) is 1. The molecule has 0 spiro atoms. The van der Waals surface area contributed by atoms with Crippen LogP contribution in [0.1, 0.15) is 51.6 Å². The van der Waals surface area contributed by atoms with Gasteiger partial charge in [-0.2, -0.15) is 5.10 Å². The third kappa shape index (κ3) is 5.15. The van der Waals surface area contributed by atoms with Gasteiger partial charge in [0.2, 0.25) is 0 Å². The summed E-state index contributed by atoms with van der Waals surface area (Å²) in [5, 5.41) is 9.75. The zero-order valence-corrected chi connectivity index (χ0v) is 22.4. The second kappa shape index (κ2) is 9.81. The van der Waals surface area contributed by atoms with E-state index >= 15 is 0 Å². The molecule has 3 aromatic carbocycles. The fourth-order valence-corrected chi connectivity index (χ4v) is 4.23. The number of H-pyrrole nitrogens is 1. The number of ketones is 1. The van der Waals surface area contributed by atoms with Crippen molar-refractivity contribution in [1.82, 2.24) is 10.2 Å². The number of aromatic amines is 1. The van der Waals surface area contributed by atoms with E-state index in [0.29, 0.717) is 18.6 Å². The fourth-order valence-electron chi connectivity index (χ4n) is 4.23. The molecule has 0 saturated heterocycles. The Morgan fingerprint density at radius 1 is 0.778 bits per heavy atom. The van der Waals surface area contributed by atoms with E-state index in [1.165, 1.54) is 0 Å². The van der Waals surface area contributed by atoms with Crippen LogP contribution in [-0.2, 0) is 23.1 Å². The molecule has 0 saturated carbocycles. The summed E-state index contributed by atoms with van der Waals surface area (Å²) < 4.78 is 10.9. The smallest absolute Gasteiger partial charge is 0.161 e. The van der Waals surface area contributed by atoms with Crippen molar-refractivity contribution in [2.24, 2.45) is 5.41 Å². The first-order valence-corrected chi connectivity index (χ1v) is 12.3. The van der Waals surface area contributed by atoms with Crippen molar-refractivity contribution in [2.75, 3.05) is 14.2 Å². The maximum atomic E-state index is 12.8. The highest BCUT2D eigenvalue weighted by molar-refractivity contribution is 5.90. The second-order valence-corrected chi connectivity index (χ2v) is 11.0. The molecule has 1 N–H and O–H groups in total. The van der Waals surface area contributed by atoms with Crippen LogP contribution in [0.4, 0.5) is 0 Å². The molecule has 36 heavy (non-hydrogen) atoms. The van der Waals surface area contributed by atoms with Crippen molar-refractivity contribution in [3.05, 3.63) is 77.6 Å². The molecule has 1 heterocycles. The molecular formula is C31H36N2O3. The average Bonchev–Trinajstić information content (AvgIpc) is 3.31. The van der Waals surface area contributed by atoms with Gasteiger partial charge in [0, 0.05) is 24.0 Å². The molecule has 0 aliphatic heterocycles. The summed E-state index contributed by atoms with van der Waals surface area (Å²) in [5.74, 6) is 1.59. The number of ether oxygens (including phenoxy) is 2. The van der Waals surface area contributed by atoms with Crippen LogP contribution >= 0.6 is 0 Å². The third-order valence-electron chi connectivity index (χ3n) is 7.57. The molecule has 0 amide bonds. The molecular weight excluding hydrogens is 448 g/mol. The number of hydrogen-bond acceptors (Lipinski definition) is 4. The molecule has 4 aromatic rings. The molecule has 5 heteroatoms. The lowest BCUT2D eigenvalue weighted by atomic mass is 9.67. The van der Waals surface area contributed by atoms with Crippen LogP contribution in [-0.4, -0.2) is 30.2 Å². The van der Waals surface area contributed by atoms with Crippen LogP contribution in [0.2, 0.25) is 0 Å². The zero-order valence-electron chi connectivity index (χ0n) is 22.4. The average molecular weight is 485 g/mol. The molecule has 1 aromatic heterocycles. The largest absolute Gasteiger partial charge is 0.493 e. The Kier molecular flexibility index (Phi) is 6.94. The zero-order chi connectivity index (χ0) is 26.1. The highest BCUT2D eigenvalue weighted by Crippen LogP contribution is 2.40. The maximum Gasteiger partial charge on any atom is 0.161 e. The third-order valence-corrected chi connectivity index (χ3v) is 7.57. The first kappa shape index (κ1) is 25.5. The molecule has 0 fully saturated rings. The van der Waals surface area contributed by atoms with Gasteiger partial charge < -0.3 is 9.47 Å². The molecule has 4 rings (SSSR count). The number of methoxy groups -OCH3 is 2. The van der Waals surface area contributed by atoms with Gasteiger partial charge in [0.1, 0.15) is 5.78 Å². The number of carbonyl (C=O) groups excluding carboxylic acids is 1. The molecule has 0 unspecified atom stereocenters. The van der Waals surface area contributed by atoms with Gasteiger partial charge in [-0.15, -0.1) is 0 Å². The number of nitrogens with zero attached hydrogens (tertiary/aromatic N) is 1. The Morgan fingerprint density at radius 2 is 1.39 bits per heavy atom. The van der Waals surface area contributed by atoms with Crippen molar-refractivity contribution >= 4 is 16.6 Å². The van der Waals surface area contributed by atoms with E-state index < -0.39 is 0 Å². The number of rotatable bonds is 8. The van der Waals surface area contributed by atoms with Gasteiger partial charge in [0.15, 0.2) is 11.5 Å². The molecule has 0 aliphatic carbocycles. The molecule has 0 radical (unpaired) electrons. The monoisotopic (exact) mass is 484 g/mol. The van der Waals surface area contributed by atoms with Gasteiger partial charge in [-0.3, -0.25) is 9.89 Å². The van der Waals surface area contributed by atoms with Gasteiger partial charge in [0.05, 0.1) is 19.9 Å². The predicted molar refractivity (Wildman–Crippen MR) is 146 cm³/mol. The maximum absolute atomic E-state index is 12.8. The number of fused-ring (bicyclic) bond motifs is 1. The summed E-state index contributed by atoms with van der Waals surface area (Å²) in [6.45, 7) is 11.0. The highest BCUT2D eigenvalue weighted by Gasteiger charge is 2.36. The Morgan fingerprint density at radius 3 is 2.00 bits per heavy atom. The van der Waals surface area contributed by atoms with Crippen LogP contribution in [0.25, 0.3) is 21.9 Å². The van der Waals surface area contributed by atoms with Crippen LogP contribution in [0.15, 0.2) is 60.7 Å². The standard InChI is InChI=1S/C31H36N2O3/c1-30(2,3)31(4,5)29-19-25(32-33-29)18-26(34)14-20-8-10-21(11-9-20)22-12-13-23-16-27(35-6)28(36-7)17-24(23)15-22/h8-13,15-17,19H,14,18H2,1-7H3,(H,32,33). The van der Waals surface area contributed by atoms with Gasteiger partial charge in [-0.1, -0.05) is 71.0 Å². The van der Waals surface area contributed by atoms with Gasteiger partial charge in [-0.25, -0.2) is 0 Å². The van der Waals surface area contributed by atoms with E-state index in [-0.39, 0.29) is 16.6 Å². The normalized spacial score (nSPS) is 12.1. The SMILES string of the molecule is COc1cc2ccc(-c3ccc(CC(=O)Cc4cc(C(C)(C)C(C)(C)C)n[nH]4)cc3)cc2cc1OC. The molecule has 188 valence electrons. The quantitative estimate of drug-likeness (QED) is 0.295. The Bertz CT molecular complexity index is 1380. The minimum absolute atomic E-state index is 0.0647. The number of hydrogen-bond donors (Lipinski definition) is 1. The van der Waals surface area contributed by atoms with E-state index in [9.17, 15) is 4.79 Å².